The molecule has 5 aromatic carbocycles. The van der Waals surface area contributed by atoms with Crippen molar-refractivity contribution >= 4 is 21.8 Å². The van der Waals surface area contributed by atoms with Gasteiger partial charge in [-0.1, -0.05) is 72.8 Å². The molecule has 0 saturated heterocycles. The van der Waals surface area contributed by atoms with E-state index < -0.39 is 0 Å². The Labute approximate surface area is 217 Å². The van der Waals surface area contributed by atoms with E-state index in [2.05, 4.69) is 28.3 Å². The summed E-state index contributed by atoms with van der Waals surface area (Å²) in [4.78, 5) is 15.8. The average molecular weight is 493 g/mol. The van der Waals surface area contributed by atoms with Gasteiger partial charge in [-0.05, 0) is 47.9 Å². The fraction of sp³-hybridized carbons (Fsp3) is 0. The van der Waals surface area contributed by atoms with Crippen molar-refractivity contribution in [2.24, 2.45) is 0 Å². The van der Waals surface area contributed by atoms with Crippen molar-refractivity contribution in [2.75, 3.05) is 0 Å². The maximum atomic E-state index is 10.5. The van der Waals surface area contributed by atoms with Crippen molar-refractivity contribution in [1.29, 1.82) is 0 Å². The lowest BCUT2D eigenvalue weighted by Gasteiger charge is -2.09. The van der Waals surface area contributed by atoms with Crippen LogP contribution in [0.2, 0.25) is 0 Å². The first kappa shape index (κ1) is 21.8. The van der Waals surface area contributed by atoms with Crippen LogP contribution in [0.3, 0.4) is 0 Å². The van der Waals surface area contributed by atoms with Gasteiger partial charge in [0.1, 0.15) is 16.8 Å². The van der Waals surface area contributed by atoms with Crippen molar-refractivity contribution in [2.45, 2.75) is 0 Å². The molecule has 1 N–H and O–H groups in total. The molecule has 2 aromatic heterocycles. The van der Waals surface area contributed by atoms with Crippen molar-refractivity contribution in [1.82, 2.24) is 29.9 Å². The number of benzene rings is 5. The smallest absolute Gasteiger partial charge is 0.167 e. The second kappa shape index (κ2) is 8.90. The predicted molar refractivity (Wildman–Crippen MR) is 148 cm³/mol. The summed E-state index contributed by atoms with van der Waals surface area (Å²) in [7, 11) is 0. The van der Waals surface area contributed by atoms with E-state index >= 15 is 0 Å². The van der Waals surface area contributed by atoms with Crippen molar-refractivity contribution in [3.8, 4) is 45.6 Å². The van der Waals surface area contributed by atoms with Crippen LogP contribution < -0.4 is 0 Å². The summed E-state index contributed by atoms with van der Waals surface area (Å²) in [6.07, 6.45) is 0. The SMILES string of the molecule is Oc1ccccc1-c1nc(-c2ccccc2)nc(-c2ccc(-n3nc4ccc5ccccc5c4n3)cc2)n1. The summed E-state index contributed by atoms with van der Waals surface area (Å²) in [6, 6.07) is 36.8. The van der Waals surface area contributed by atoms with Crippen LogP contribution >= 0.6 is 0 Å². The number of phenolic OH excluding ortho intramolecular Hbond substituents is 1. The molecule has 0 bridgehead atoms. The lowest BCUT2D eigenvalue weighted by atomic mass is 10.1. The third kappa shape index (κ3) is 3.83. The number of hydrogen-bond acceptors (Lipinski definition) is 6. The Morgan fingerprint density at radius 3 is 1.97 bits per heavy atom. The number of phenols is 1. The molecule has 0 amide bonds. The molecule has 2 heterocycles. The van der Waals surface area contributed by atoms with Gasteiger partial charge in [-0.3, -0.25) is 0 Å². The molecule has 7 rings (SSSR count). The van der Waals surface area contributed by atoms with Gasteiger partial charge in [0.05, 0.1) is 11.3 Å². The number of hydrogen-bond donors (Lipinski definition) is 1. The Kier molecular flexibility index (Phi) is 5.11. The molecule has 7 heteroatoms. The van der Waals surface area contributed by atoms with Gasteiger partial charge in [-0.15, -0.1) is 10.2 Å². The first-order valence-electron chi connectivity index (χ1n) is 12.2. The van der Waals surface area contributed by atoms with Gasteiger partial charge >= 0.3 is 0 Å². The molecule has 7 nitrogen and oxygen atoms in total. The van der Waals surface area contributed by atoms with Gasteiger partial charge in [-0.25, -0.2) is 15.0 Å². The van der Waals surface area contributed by atoms with E-state index in [1.54, 1.807) is 23.0 Å². The van der Waals surface area contributed by atoms with Crippen LogP contribution in [-0.2, 0) is 0 Å². The Hall–Kier alpha value is -5.43. The Bertz CT molecular complexity index is 1930. The average Bonchev–Trinajstić information content (AvgIpc) is 3.43. The molecule has 0 radical (unpaired) electrons. The molecule has 7 aromatic rings. The van der Waals surface area contributed by atoms with Gasteiger partial charge in [-0.2, -0.15) is 4.80 Å². The van der Waals surface area contributed by atoms with E-state index in [4.69, 9.17) is 15.1 Å². The Morgan fingerprint density at radius 2 is 1.18 bits per heavy atom. The predicted octanol–water partition coefficient (Wildman–Crippen LogP) is 6.47. The molecule has 0 atom stereocenters. The highest BCUT2D eigenvalue weighted by Crippen LogP contribution is 2.30. The second-order valence-corrected chi connectivity index (χ2v) is 8.88. The zero-order valence-electron chi connectivity index (χ0n) is 20.1. The highest BCUT2D eigenvalue weighted by Gasteiger charge is 2.15. The maximum Gasteiger partial charge on any atom is 0.167 e. The number of para-hydroxylation sites is 1. The summed E-state index contributed by atoms with van der Waals surface area (Å²) in [5.74, 6) is 1.56. The van der Waals surface area contributed by atoms with Gasteiger partial charge < -0.3 is 5.11 Å². The standard InChI is InChI=1S/C31H20N6O/c38-27-13-7-6-12-25(27)31-33-29(21-9-2-1-3-10-21)32-30(34-31)22-14-17-23(18-15-22)37-35-26-19-16-20-8-4-5-11-24(20)28(26)36-37/h1-19,38H. The van der Waals surface area contributed by atoms with E-state index in [1.165, 1.54) is 0 Å². The van der Waals surface area contributed by atoms with Gasteiger partial charge in [0.25, 0.3) is 0 Å². The van der Waals surface area contributed by atoms with Crippen LogP contribution in [-0.4, -0.2) is 35.1 Å². The maximum absolute atomic E-state index is 10.5. The number of aromatic nitrogens is 6. The van der Waals surface area contributed by atoms with E-state index in [0.29, 0.717) is 23.0 Å². The summed E-state index contributed by atoms with van der Waals surface area (Å²) in [5, 5.41) is 22.1. The highest BCUT2D eigenvalue weighted by molar-refractivity contribution is 6.03. The number of aromatic hydroxyl groups is 1. The molecule has 0 spiro atoms. The van der Waals surface area contributed by atoms with Crippen LogP contribution in [0.5, 0.6) is 5.75 Å². The second-order valence-electron chi connectivity index (χ2n) is 8.88. The number of rotatable bonds is 4. The zero-order chi connectivity index (χ0) is 25.5. The molecule has 0 unspecified atom stereocenters. The molecular weight excluding hydrogens is 472 g/mol. The molecule has 180 valence electrons. The van der Waals surface area contributed by atoms with Crippen LogP contribution in [0.25, 0.3) is 61.7 Å². The number of fused-ring (bicyclic) bond motifs is 3. The lowest BCUT2D eigenvalue weighted by molar-refractivity contribution is 0.477. The van der Waals surface area contributed by atoms with E-state index in [0.717, 1.165) is 38.6 Å². The topological polar surface area (TPSA) is 89.6 Å². The third-order valence-electron chi connectivity index (χ3n) is 6.45. The zero-order valence-corrected chi connectivity index (χ0v) is 20.1. The van der Waals surface area contributed by atoms with Gasteiger partial charge in [0.2, 0.25) is 0 Å². The first-order chi connectivity index (χ1) is 18.7. The van der Waals surface area contributed by atoms with E-state index in [1.807, 2.05) is 78.9 Å². The van der Waals surface area contributed by atoms with Crippen molar-refractivity contribution in [3.05, 3.63) is 115 Å². The minimum Gasteiger partial charge on any atom is -0.507 e. The summed E-state index contributed by atoms with van der Waals surface area (Å²) in [5.41, 5.74) is 4.75. The van der Waals surface area contributed by atoms with Gasteiger partial charge in [0, 0.05) is 16.5 Å². The van der Waals surface area contributed by atoms with Gasteiger partial charge in [0.15, 0.2) is 17.5 Å². The number of nitrogens with zero attached hydrogens (tertiary/aromatic N) is 6. The molecule has 0 aliphatic rings. The van der Waals surface area contributed by atoms with Crippen LogP contribution in [0.15, 0.2) is 115 Å². The normalized spacial score (nSPS) is 11.3. The molecule has 0 saturated carbocycles. The minimum absolute atomic E-state index is 0.114. The fourth-order valence-corrected chi connectivity index (χ4v) is 4.51. The quantitative estimate of drug-likeness (QED) is 0.303. The Morgan fingerprint density at radius 1 is 0.526 bits per heavy atom. The van der Waals surface area contributed by atoms with E-state index in [9.17, 15) is 5.11 Å². The summed E-state index contributed by atoms with van der Waals surface area (Å²) >= 11 is 0. The molecule has 0 fully saturated rings. The molecule has 0 aliphatic carbocycles. The highest BCUT2D eigenvalue weighted by atomic mass is 16.3. The first-order valence-corrected chi connectivity index (χ1v) is 12.2. The minimum atomic E-state index is 0.114. The molecule has 0 aliphatic heterocycles. The lowest BCUT2D eigenvalue weighted by Crippen LogP contribution is -2.01. The molecular formula is C31H20N6O. The third-order valence-corrected chi connectivity index (χ3v) is 6.45. The van der Waals surface area contributed by atoms with Crippen molar-refractivity contribution < 1.29 is 5.11 Å². The summed E-state index contributed by atoms with van der Waals surface area (Å²) < 4.78 is 0. The molecule has 38 heavy (non-hydrogen) atoms. The van der Waals surface area contributed by atoms with E-state index in [-0.39, 0.29) is 5.75 Å². The monoisotopic (exact) mass is 492 g/mol. The van der Waals surface area contributed by atoms with Crippen LogP contribution in [0, 0.1) is 0 Å². The largest absolute Gasteiger partial charge is 0.507 e. The Balaban J connectivity index is 1.31. The van der Waals surface area contributed by atoms with Crippen molar-refractivity contribution in [3.63, 3.8) is 0 Å². The fourth-order valence-electron chi connectivity index (χ4n) is 4.51. The summed E-state index contributed by atoms with van der Waals surface area (Å²) in [6.45, 7) is 0. The van der Waals surface area contributed by atoms with Crippen LogP contribution in [0.4, 0.5) is 0 Å². The van der Waals surface area contributed by atoms with Crippen LogP contribution in [0.1, 0.15) is 0 Å².